The number of hydrogen-bond acceptors (Lipinski definition) is 4. The largest absolute Gasteiger partial charge is 0.368 e. The number of rotatable bonds is 2. The van der Waals surface area contributed by atoms with Crippen LogP contribution in [0.25, 0.3) is 0 Å². The van der Waals surface area contributed by atoms with Crippen molar-refractivity contribution in [2.75, 3.05) is 37.6 Å². The van der Waals surface area contributed by atoms with Crippen LogP contribution in [0.15, 0.2) is 18.2 Å². The van der Waals surface area contributed by atoms with Crippen LogP contribution >= 0.6 is 11.6 Å². The van der Waals surface area contributed by atoms with E-state index in [4.69, 9.17) is 22.1 Å². The van der Waals surface area contributed by atoms with Crippen LogP contribution in [-0.2, 0) is 0 Å². The molecule has 0 unspecified atom stereocenters. The molecule has 0 saturated carbocycles. The van der Waals surface area contributed by atoms with Gasteiger partial charge in [-0.25, -0.2) is 0 Å². The van der Waals surface area contributed by atoms with Crippen LogP contribution in [0.2, 0.25) is 5.02 Å². The molecule has 0 aromatic heterocycles. The van der Waals surface area contributed by atoms with Crippen LogP contribution in [0, 0.1) is 22.7 Å². The van der Waals surface area contributed by atoms with E-state index < -0.39 is 0 Å². The normalized spacial score (nSPS) is 16.1. The Kier molecular flexibility index (Phi) is 4.04. The minimum Gasteiger partial charge on any atom is -0.368 e. The number of piperazine rings is 1. The third-order valence-electron chi connectivity index (χ3n) is 3.09. The predicted molar refractivity (Wildman–Crippen MR) is 70.4 cm³/mol. The van der Waals surface area contributed by atoms with Crippen molar-refractivity contribution in [1.29, 1.82) is 10.5 Å². The lowest BCUT2D eigenvalue weighted by Crippen LogP contribution is -2.46. The molecule has 0 aliphatic carbocycles. The lowest BCUT2D eigenvalue weighted by Gasteiger charge is -2.35. The molecule has 1 aliphatic heterocycles. The molecule has 0 bridgehead atoms. The maximum atomic E-state index is 9.12. The molecule has 5 heteroatoms. The fourth-order valence-corrected chi connectivity index (χ4v) is 2.29. The molecule has 0 N–H and O–H groups in total. The van der Waals surface area contributed by atoms with Gasteiger partial charge in [0.2, 0.25) is 0 Å². The summed E-state index contributed by atoms with van der Waals surface area (Å²) in [7, 11) is 0. The first kappa shape index (κ1) is 12.7. The van der Waals surface area contributed by atoms with E-state index in [-0.39, 0.29) is 0 Å². The Morgan fingerprint density at radius 2 is 1.89 bits per heavy atom. The molecule has 0 atom stereocenters. The highest BCUT2D eigenvalue weighted by Crippen LogP contribution is 2.24. The highest BCUT2D eigenvalue weighted by molar-refractivity contribution is 6.30. The van der Waals surface area contributed by atoms with Crippen LogP contribution in [0.4, 0.5) is 5.69 Å². The average Bonchev–Trinajstić information content (AvgIpc) is 2.40. The summed E-state index contributed by atoms with van der Waals surface area (Å²) in [5.74, 6) is 0. The van der Waals surface area contributed by atoms with Gasteiger partial charge in [0.15, 0.2) is 0 Å². The van der Waals surface area contributed by atoms with E-state index in [1.54, 1.807) is 12.1 Å². The van der Waals surface area contributed by atoms with E-state index in [0.29, 0.717) is 17.1 Å². The van der Waals surface area contributed by atoms with E-state index >= 15 is 0 Å². The zero-order valence-electron chi connectivity index (χ0n) is 9.93. The number of benzene rings is 1. The molecule has 1 aromatic carbocycles. The maximum Gasteiger partial charge on any atom is 0.101 e. The van der Waals surface area contributed by atoms with Crippen molar-refractivity contribution in [3.8, 4) is 12.1 Å². The van der Waals surface area contributed by atoms with Gasteiger partial charge in [-0.05, 0) is 18.2 Å². The summed E-state index contributed by atoms with van der Waals surface area (Å²) in [6, 6.07) is 9.73. The SMILES string of the molecule is N#CCN1CCN(c2ccc(Cl)cc2C#N)CC1. The maximum absolute atomic E-state index is 9.12. The van der Waals surface area contributed by atoms with Crippen LogP contribution in [0.1, 0.15) is 5.56 Å². The summed E-state index contributed by atoms with van der Waals surface area (Å²) in [6.45, 7) is 3.83. The van der Waals surface area contributed by atoms with Crippen LogP contribution in [-0.4, -0.2) is 37.6 Å². The Morgan fingerprint density at radius 3 is 2.50 bits per heavy atom. The zero-order valence-corrected chi connectivity index (χ0v) is 10.7. The van der Waals surface area contributed by atoms with Gasteiger partial charge in [0.05, 0.1) is 23.9 Å². The van der Waals surface area contributed by atoms with E-state index in [2.05, 4.69) is 21.9 Å². The standard InChI is InChI=1S/C13H13ClN4/c14-12-1-2-13(11(9-12)10-16)18-7-5-17(4-3-15)6-8-18/h1-2,9H,4-8H2. The second-order valence-electron chi connectivity index (χ2n) is 4.19. The van der Waals surface area contributed by atoms with Gasteiger partial charge >= 0.3 is 0 Å². The van der Waals surface area contributed by atoms with Gasteiger partial charge in [0.25, 0.3) is 0 Å². The Balaban J connectivity index is 2.11. The summed E-state index contributed by atoms with van der Waals surface area (Å²) >= 11 is 5.89. The summed E-state index contributed by atoms with van der Waals surface area (Å²) in [5.41, 5.74) is 1.54. The molecule has 1 heterocycles. The van der Waals surface area contributed by atoms with E-state index in [9.17, 15) is 0 Å². The van der Waals surface area contributed by atoms with E-state index in [1.165, 1.54) is 0 Å². The molecule has 18 heavy (non-hydrogen) atoms. The molecule has 1 aliphatic rings. The quantitative estimate of drug-likeness (QED) is 0.762. The molecule has 2 rings (SSSR count). The number of halogens is 1. The van der Waals surface area contributed by atoms with Gasteiger partial charge in [-0.15, -0.1) is 0 Å². The monoisotopic (exact) mass is 260 g/mol. The number of nitriles is 2. The molecular weight excluding hydrogens is 248 g/mol. The minimum absolute atomic E-state index is 0.472. The first-order valence-electron chi connectivity index (χ1n) is 5.78. The lowest BCUT2D eigenvalue weighted by atomic mass is 10.1. The van der Waals surface area contributed by atoms with Gasteiger partial charge in [-0.3, -0.25) is 4.90 Å². The molecule has 0 spiro atoms. The highest BCUT2D eigenvalue weighted by atomic mass is 35.5. The molecule has 1 saturated heterocycles. The van der Waals surface area contributed by atoms with E-state index in [1.807, 2.05) is 6.07 Å². The summed E-state index contributed by atoms with van der Waals surface area (Å²) in [4.78, 5) is 4.28. The Morgan fingerprint density at radius 1 is 1.17 bits per heavy atom. The first-order valence-corrected chi connectivity index (χ1v) is 6.16. The first-order chi connectivity index (χ1) is 8.74. The fraction of sp³-hybridized carbons (Fsp3) is 0.385. The summed E-state index contributed by atoms with van der Waals surface area (Å²) in [5, 5.41) is 18.4. The second kappa shape index (κ2) is 5.73. The lowest BCUT2D eigenvalue weighted by molar-refractivity contribution is 0.287. The molecule has 0 radical (unpaired) electrons. The highest BCUT2D eigenvalue weighted by Gasteiger charge is 2.18. The number of anilines is 1. The third kappa shape index (κ3) is 2.73. The van der Waals surface area contributed by atoms with Crippen LogP contribution < -0.4 is 4.90 Å². The zero-order chi connectivity index (χ0) is 13.0. The van der Waals surface area contributed by atoms with Crippen molar-refractivity contribution in [3.63, 3.8) is 0 Å². The Hall–Kier alpha value is -1.75. The molecule has 92 valence electrons. The molecule has 4 nitrogen and oxygen atoms in total. The summed E-state index contributed by atoms with van der Waals surface area (Å²) in [6.07, 6.45) is 0. The topological polar surface area (TPSA) is 54.1 Å². The molecule has 0 amide bonds. The van der Waals surface area contributed by atoms with Gasteiger partial charge in [-0.2, -0.15) is 10.5 Å². The Bertz CT molecular complexity index is 507. The Labute approximate surface area is 112 Å². The smallest absolute Gasteiger partial charge is 0.101 e. The van der Waals surface area contributed by atoms with Gasteiger partial charge < -0.3 is 4.90 Å². The minimum atomic E-state index is 0.472. The average molecular weight is 261 g/mol. The van der Waals surface area contributed by atoms with Crippen molar-refractivity contribution in [3.05, 3.63) is 28.8 Å². The van der Waals surface area contributed by atoms with Gasteiger partial charge in [-0.1, -0.05) is 11.6 Å². The van der Waals surface area contributed by atoms with Crippen molar-refractivity contribution >= 4 is 17.3 Å². The molecular formula is C13H13ClN4. The van der Waals surface area contributed by atoms with Crippen molar-refractivity contribution in [2.45, 2.75) is 0 Å². The van der Waals surface area contributed by atoms with E-state index in [0.717, 1.165) is 31.9 Å². The molecule has 1 fully saturated rings. The summed E-state index contributed by atoms with van der Waals surface area (Å²) < 4.78 is 0. The van der Waals surface area contributed by atoms with Gasteiger partial charge in [0.1, 0.15) is 6.07 Å². The van der Waals surface area contributed by atoms with Crippen molar-refractivity contribution in [2.24, 2.45) is 0 Å². The van der Waals surface area contributed by atoms with Crippen LogP contribution in [0.5, 0.6) is 0 Å². The van der Waals surface area contributed by atoms with Crippen molar-refractivity contribution in [1.82, 2.24) is 4.90 Å². The predicted octanol–water partition coefficient (Wildman–Crippen LogP) is 1.86. The fourth-order valence-electron chi connectivity index (χ4n) is 2.12. The van der Waals surface area contributed by atoms with Gasteiger partial charge in [0, 0.05) is 31.2 Å². The number of nitrogens with zero attached hydrogens (tertiary/aromatic N) is 4. The van der Waals surface area contributed by atoms with Crippen molar-refractivity contribution < 1.29 is 0 Å². The molecule has 1 aromatic rings. The second-order valence-corrected chi connectivity index (χ2v) is 4.63. The number of hydrogen-bond donors (Lipinski definition) is 0. The third-order valence-corrected chi connectivity index (χ3v) is 3.32. The van der Waals surface area contributed by atoms with Crippen LogP contribution in [0.3, 0.4) is 0 Å².